The molecule has 0 heterocycles. The number of hydrogen-bond acceptors (Lipinski definition) is 3. The van der Waals surface area contributed by atoms with Gasteiger partial charge in [0, 0.05) is 0 Å². The van der Waals surface area contributed by atoms with Gasteiger partial charge in [0.2, 0.25) is 9.92 Å². The SMILES string of the molecule is CC(C)N([SiH2]O[Si](C)(C)O[Si](C)(C)C)C(C)C. The van der Waals surface area contributed by atoms with E-state index in [-0.39, 0.29) is 0 Å². The Kier molecular flexibility index (Phi) is 6.83. The third-order valence-corrected chi connectivity index (χ3v) is 11.9. The number of hydrogen-bond donors (Lipinski definition) is 0. The van der Waals surface area contributed by atoms with E-state index in [1.54, 1.807) is 0 Å². The third kappa shape index (κ3) is 8.28. The molecular weight excluding hydrogens is 262 g/mol. The van der Waals surface area contributed by atoms with E-state index in [0.717, 1.165) is 0 Å². The Morgan fingerprint density at radius 3 is 1.59 bits per heavy atom. The van der Waals surface area contributed by atoms with Crippen LogP contribution in [0.4, 0.5) is 0 Å². The van der Waals surface area contributed by atoms with Gasteiger partial charge in [0.05, 0.1) is 0 Å². The van der Waals surface area contributed by atoms with Gasteiger partial charge in [0.15, 0.2) is 8.32 Å². The smallest absolute Gasteiger partial charge is 0.311 e. The Hall–Kier alpha value is 0.531. The van der Waals surface area contributed by atoms with Crippen LogP contribution < -0.4 is 0 Å². The van der Waals surface area contributed by atoms with E-state index in [0.29, 0.717) is 12.1 Å². The predicted octanol–water partition coefficient (Wildman–Crippen LogP) is 2.67. The van der Waals surface area contributed by atoms with Gasteiger partial charge in [-0.15, -0.1) is 0 Å². The van der Waals surface area contributed by atoms with Crippen molar-refractivity contribution in [3.8, 4) is 0 Å². The number of nitrogens with zero attached hydrogens (tertiary/aromatic N) is 1. The van der Waals surface area contributed by atoms with Gasteiger partial charge in [-0.3, -0.25) is 0 Å². The molecular formula is C11H31NO2Si3. The van der Waals surface area contributed by atoms with E-state index in [1.165, 1.54) is 0 Å². The van der Waals surface area contributed by atoms with Crippen molar-refractivity contribution in [1.29, 1.82) is 0 Å². The summed E-state index contributed by atoms with van der Waals surface area (Å²) in [5.41, 5.74) is 0. The predicted molar refractivity (Wildman–Crippen MR) is 83.7 cm³/mol. The molecule has 17 heavy (non-hydrogen) atoms. The van der Waals surface area contributed by atoms with Crippen LogP contribution in [0, 0.1) is 0 Å². The van der Waals surface area contributed by atoms with Crippen molar-refractivity contribution in [2.75, 3.05) is 0 Å². The lowest BCUT2D eigenvalue weighted by molar-refractivity contribution is 0.270. The molecule has 0 aliphatic carbocycles. The van der Waals surface area contributed by atoms with Crippen LogP contribution in [0.2, 0.25) is 32.7 Å². The summed E-state index contributed by atoms with van der Waals surface area (Å²) in [6, 6.07) is 1.14. The molecule has 0 rings (SSSR count). The van der Waals surface area contributed by atoms with Crippen LogP contribution in [0.5, 0.6) is 0 Å². The molecule has 6 heteroatoms. The normalized spacial score (nSPS) is 14.8. The minimum absolute atomic E-state index is 0.568. The van der Waals surface area contributed by atoms with Crippen LogP contribution in [-0.2, 0) is 8.23 Å². The summed E-state index contributed by atoms with van der Waals surface area (Å²) >= 11 is 0. The maximum Gasteiger partial charge on any atom is 0.311 e. The lowest BCUT2D eigenvalue weighted by Crippen LogP contribution is -2.50. The second-order valence-electron chi connectivity index (χ2n) is 6.59. The van der Waals surface area contributed by atoms with E-state index in [2.05, 4.69) is 65.0 Å². The molecule has 0 atom stereocenters. The molecule has 3 nitrogen and oxygen atoms in total. The first-order chi connectivity index (χ1) is 7.44. The van der Waals surface area contributed by atoms with E-state index < -0.39 is 26.8 Å². The van der Waals surface area contributed by atoms with Crippen molar-refractivity contribution in [2.45, 2.75) is 72.5 Å². The second-order valence-corrected chi connectivity index (χ2v) is 16.6. The quantitative estimate of drug-likeness (QED) is 0.674. The summed E-state index contributed by atoms with van der Waals surface area (Å²) in [6.45, 7) is 20.0. The summed E-state index contributed by atoms with van der Waals surface area (Å²) in [7, 11) is -4.04. The molecule has 0 radical (unpaired) electrons. The minimum atomic E-state index is -1.91. The molecule has 0 saturated heterocycles. The van der Waals surface area contributed by atoms with Crippen molar-refractivity contribution in [2.24, 2.45) is 0 Å². The highest BCUT2D eigenvalue weighted by Gasteiger charge is 2.32. The fourth-order valence-corrected chi connectivity index (χ4v) is 11.0. The summed E-state index contributed by atoms with van der Waals surface area (Å²) in [5.74, 6) is 0. The zero-order valence-corrected chi connectivity index (χ0v) is 16.5. The van der Waals surface area contributed by atoms with Gasteiger partial charge >= 0.3 is 8.56 Å². The van der Waals surface area contributed by atoms with Crippen molar-refractivity contribution in [3.05, 3.63) is 0 Å². The van der Waals surface area contributed by atoms with Crippen LogP contribution in [0.3, 0.4) is 0 Å². The van der Waals surface area contributed by atoms with Crippen molar-refractivity contribution < 1.29 is 8.23 Å². The third-order valence-electron chi connectivity index (χ3n) is 2.44. The Balaban J connectivity index is 4.33. The zero-order chi connectivity index (χ0) is 13.9. The van der Waals surface area contributed by atoms with Crippen LogP contribution in [0.1, 0.15) is 27.7 Å². The summed E-state index contributed by atoms with van der Waals surface area (Å²) in [6.07, 6.45) is 0. The first-order valence-electron chi connectivity index (χ1n) is 6.54. The van der Waals surface area contributed by atoms with Crippen LogP contribution in [-0.4, -0.2) is 43.5 Å². The molecule has 0 aromatic rings. The molecule has 0 aromatic carbocycles. The van der Waals surface area contributed by atoms with E-state index in [4.69, 9.17) is 8.23 Å². The molecule has 0 bridgehead atoms. The van der Waals surface area contributed by atoms with Crippen LogP contribution >= 0.6 is 0 Å². The molecule has 0 aliphatic rings. The monoisotopic (exact) mass is 293 g/mol. The van der Waals surface area contributed by atoms with Gasteiger partial charge in [-0.1, -0.05) is 27.7 Å². The van der Waals surface area contributed by atoms with Crippen molar-refractivity contribution in [3.63, 3.8) is 0 Å². The molecule has 0 unspecified atom stereocenters. The molecule has 0 saturated carbocycles. The topological polar surface area (TPSA) is 21.7 Å². The lowest BCUT2D eigenvalue weighted by atomic mass is 10.3. The maximum atomic E-state index is 6.21. The highest BCUT2D eigenvalue weighted by molar-refractivity contribution is 6.82. The van der Waals surface area contributed by atoms with Gasteiger partial charge in [-0.05, 0) is 44.8 Å². The highest BCUT2D eigenvalue weighted by atomic mass is 28.5. The van der Waals surface area contributed by atoms with Gasteiger partial charge < -0.3 is 12.8 Å². The average molecular weight is 294 g/mol. The highest BCUT2D eigenvalue weighted by Crippen LogP contribution is 2.16. The largest absolute Gasteiger partial charge is 0.437 e. The van der Waals surface area contributed by atoms with Crippen molar-refractivity contribution >= 4 is 26.8 Å². The van der Waals surface area contributed by atoms with Crippen LogP contribution in [0.25, 0.3) is 0 Å². The Labute approximate surface area is 112 Å². The fraction of sp³-hybridized carbons (Fsp3) is 1.00. The molecule has 104 valence electrons. The van der Waals surface area contributed by atoms with Gasteiger partial charge in [0.1, 0.15) is 0 Å². The Morgan fingerprint density at radius 2 is 1.29 bits per heavy atom. The van der Waals surface area contributed by atoms with E-state index in [9.17, 15) is 0 Å². The van der Waals surface area contributed by atoms with E-state index in [1.807, 2.05) is 0 Å². The molecule has 0 aromatic heterocycles. The standard InChI is InChI=1S/C11H31NO2Si3/c1-10(2)12(11(3)4)15-13-17(8,9)14-16(5,6)7/h10-11H,15H2,1-9H3. The molecule has 0 spiro atoms. The first kappa shape index (κ1) is 17.5. The average Bonchev–Trinajstić information content (AvgIpc) is 1.96. The van der Waals surface area contributed by atoms with Gasteiger partial charge in [-0.25, -0.2) is 0 Å². The summed E-state index contributed by atoms with van der Waals surface area (Å²) < 4.78 is 14.9. The van der Waals surface area contributed by atoms with Gasteiger partial charge in [0.25, 0.3) is 0 Å². The lowest BCUT2D eigenvalue weighted by Gasteiger charge is -2.36. The van der Waals surface area contributed by atoms with E-state index >= 15 is 0 Å². The second kappa shape index (κ2) is 6.63. The minimum Gasteiger partial charge on any atom is -0.437 e. The van der Waals surface area contributed by atoms with Crippen molar-refractivity contribution in [1.82, 2.24) is 4.57 Å². The Morgan fingerprint density at radius 1 is 0.882 bits per heavy atom. The van der Waals surface area contributed by atoms with Crippen LogP contribution in [0.15, 0.2) is 0 Å². The Bertz CT molecular complexity index is 219. The first-order valence-corrected chi connectivity index (χ1v) is 14.0. The molecule has 0 fully saturated rings. The summed E-state index contributed by atoms with van der Waals surface area (Å²) in [5, 5.41) is 0. The molecule has 0 aliphatic heterocycles. The summed E-state index contributed by atoms with van der Waals surface area (Å²) in [4.78, 5) is 0. The molecule has 0 amide bonds. The van der Waals surface area contributed by atoms with Gasteiger partial charge in [-0.2, -0.15) is 0 Å². The number of rotatable bonds is 7. The molecule has 0 N–H and O–H groups in total. The maximum absolute atomic E-state index is 6.21. The fourth-order valence-electron chi connectivity index (χ4n) is 1.89. The zero-order valence-electron chi connectivity index (χ0n) is 13.1.